The molecule has 2 aromatic rings. The number of nitrogens with one attached hydrogen (secondary N) is 1. The lowest BCUT2D eigenvalue weighted by Gasteiger charge is -2.09. The minimum absolute atomic E-state index is 0.110. The fourth-order valence-corrected chi connectivity index (χ4v) is 1.58. The second-order valence-corrected chi connectivity index (χ2v) is 4.34. The third-order valence-electron chi connectivity index (χ3n) is 2.53. The van der Waals surface area contributed by atoms with Gasteiger partial charge in [0.1, 0.15) is 12.9 Å². The number of anilines is 1. The van der Waals surface area contributed by atoms with Gasteiger partial charge in [0.05, 0.1) is 0 Å². The van der Waals surface area contributed by atoms with Crippen LogP contribution in [0.3, 0.4) is 0 Å². The molecule has 0 spiro atoms. The first kappa shape index (κ1) is 12.2. The molecule has 0 radical (unpaired) electrons. The van der Waals surface area contributed by atoms with Crippen LogP contribution in [0.2, 0.25) is 0 Å². The third-order valence-corrected chi connectivity index (χ3v) is 2.53. The monoisotopic (exact) mass is 245 g/mol. The Balaban J connectivity index is 2.00. The van der Waals surface area contributed by atoms with Crippen LogP contribution in [-0.4, -0.2) is 26.1 Å². The first-order valence-electron chi connectivity index (χ1n) is 5.76. The van der Waals surface area contributed by atoms with Crippen molar-refractivity contribution in [1.29, 1.82) is 0 Å². The molecule has 1 N–H and O–H groups in total. The van der Waals surface area contributed by atoms with Gasteiger partial charge < -0.3 is 5.32 Å². The van der Waals surface area contributed by atoms with Gasteiger partial charge in [-0.3, -0.25) is 4.79 Å². The highest BCUT2D eigenvalue weighted by Gasteiger charge is 2.06. The predicted molar refractivity (Wildman–Crippen MR) is 67.0 cm³/mol. The lowest BCUT2D eigenvalue weighted by atomic mass is 10.0. The van der Waals surface area contributed by atoms with Gasteiger partial charge in [0.25, 0.3) is 0 Å². The van der Waals surface area contributed by atoms with Gasteiger partial charge in [0, 0.05) is 5.69 Å². The third kappa shape index (κ3) is 3.13. The molecule has 1 amide bonds. The molecular formula is C12H15N5O. The molecule has 94 valence electrons. The molecule has 0 aliphatic heterocycles. The van der Waals surface area contributed by atoms with Crippen molar-refractivity contribution in [3.8, 4) is 0 Å². The van der Waals surface area contributed by atoms with E-state index in [1.165, 1.54) is 16.6 Å². The first-order chi connectivity index (χ1) is 8.65. The van der Waals surface area contributed by atoms with Crippen molar-refractivity contribution in [2.45, 2.75) is 26.3 Å². The maximum Gasteiger partial charge on any atom is 0.246 e. The largest absolute Gasteiger partial charge is 0.324 e. The average Bonchev–Trinajstić information content (AvgIpc) is 2.82. The van der Waals surface area contributed by atoms with E-state index in [-0.39, 0.29) is 12.5 Å². The van der Waals surface area contributed by atoms with Crippen LogP contribution in [0.4, 0.5) is 5.69 Å². The van der Waals surface area contributed by atoms with E-state index in [2.05, 4.69) is 34.7 Å². The van der Waals surface area contributed by atoms with Crippen molar-refractivity contribution in [1.82, 2.24) is 20.2 Å². The topological polar surface area (TPSA) is 72.7 Å². The summed E-state index contributed by atoms with van der Waals surface area (Å²) in [5.74, 6) is 0.282. The lowest BCUT2D eigenvalue weighted by Crippen LogP contribution is -2.19. The summed E-state index contributed by atoms with van der Waals surface area (Å²) >= 11 is 0. The van der Waals surface area contributed by atoms with E-state index in [0.29, 0.717) is 5.92 Å². The normalized spacial score (nSPS) is 10.6. The van der Waals surface area contributed by atoms with Crippen LogP contribution in [0.15, 0.2) is 30.6 Å². The molecule has 0 aliphatic rings. The van der Waals surface area contributed by atoms with E-state index in [1.54, 1.807) is 0 Å². The predicted octanol–water partition coefficient (Wildman–Crippen LogP) is 1.44. The maximum atomic E-state index is 11.7. The average molecular weight is 245 g/mol. The van der Waals surface area contributed by atoms with Crippen LogP contribution in [-0.2, 0) is 11.3 Å². The van der Waals surface area contributed by atoms with Gasteiger partial charge in [-0.1, -0.05) is 26.0 Å². The second-order valence-electron chi connectivity index (χ2n) is 4.34. The van der Waals surface area contributed by atoms with Gasteiger partial charge in [0.15, 0.2) is 0 Å². The summed E-state index contributed by atoms with van der Waals surface area (Å²) in [6.07, 6.45) is 1.41. The molecule has 0 bridgehead atoms. The van der Waals surface area contributed by atoms with Crippen molar-refractivity contribution in [3.63, 3.8) is 0 Å². The Morgan fingerprint density at radius 2 is 2.28 bits per heavy atom. The van der Waals surface area contributed by atoms with E-state index in [4.69, 9.17) is 0 Å². The zero-order valence-electron chi connectivity index (χ0n) is 10.4. The van der Waals surface area contributed by atoms with E-state index >= 15 is 0 Å². The summed E-state index contributed by atoms with van der Waals surface area (Å²) < 4.78 is 1.38. The van der Waals surface area contributed by atoms with Gasteiger partial charge in [-0.25, -0.2) is 4.68 Å². The molecule has 1 aromatic heterocycles. The van der Waals surface area contributed by atoms with E-state index < -0.39 is 0 Å². The van der Waals surface area contributed by atoms with Crippen molar-refractivity contribution in [2.24, 2.45) is 0 Å². The molecule has 1 aromatic carbocycles. The molecule has 0 saturated carbocycles. The van der Waals surface area contributed by atoms with Gasteiger partial charge in [-0.05, 0) is 34.0 Å². The molecule has 0 unspecified atom stereocenters. The number of benzene rings is 1. The molecule has 0 fully saturated rings. The summed E-state index contributed by atoms with van der Waals surface area (Å²) in [6, 6.07) is 7.81. The molecule has 0 aliphatic carbocycles. The van der Waals surface area contributed by atoms with Crippen molar-refractivity contribution >= 4 is 11.6 Å². The summed E-state index contributed by atoms with van der Waals surface area (Å²) in [7, 11) is 0. The zero-order valence-corrected chi connectivity index (χ0v) is 10.4. The van der Waals surface area contributed by atoms with E-state index in [1.807, 2.05) is 24.3 Å². The highest BCUT2D eigenvalue weighted by molar-refractivity contribution is 5.90. The Morgan fingerprint density at radius 1 is 1.44 bits per heavy atom. The molecule has 18 heavy (non-hydrogen) atoms. The Hall–Kier alpha value is -2.24. The highest BCUT2D eigenvalue weighted by Crippen LogP contribution is 2.18. The van der Waals surface area contributed by atoms with Crippen molar-refractivity contribution in [2.75, 3.05) is 5.32 Å². The minimum Gasteiger partial charge on any atom is -0.324 e. The fourth-order valence-electron chi connectivity index (χ4n) is 1.58. The van der Waals surface area contributed by atoms with E-state index in [0.717, 1.165) is 5.69 Å². The lowest BCUT2D eigenvalue weighted by molar-refractivity contribution is -0.116. The van der Waals surface area contributed by atoms with Crippen LogP contribution >= 0.6 is 0 Å². The van der Waals surface area contributed by atoms with Crippen molar-refractivity contribution < 1.29 is 4.79 Å². The summed E-state index contributed by atoms with van der Waals surface area (Å²) in [5, 5.41) is 13.4. The van der Waals surface area contributed by atoms with Crippen LogP contribution in [0.5, 0.6) is 0 Å². The Bertz CT molecular complexity index is 521. The van der Waals surface area contributed by atoms with Crippen molar-refractivity contribution in [3.05, 3.63) is 36.2 Å². The number of rotatable bonds is 4. The van der Waals surface area contributed by atoms with Crippen LogP contribution in [0, 0.1) is 0 Å². The van der Waals surface area contributed by atoms with Crippen LogP contribution in [0.25, 0.3) is 0 Å². The standard InChI is InChI=1S/C12H15N5O/c1-9(2)10-4-3-5-11(6-10)14-12(18)7-17-8-13-15-16-17/h3-6,8-9H,7H2,1-2H3,(H,14,18). The highest BCUT2D eigenvalue weighted by atomic mass is 16.2. The number of hydrogen-bond donors (Lipinski definition) is 1. The van der Waals surface area contributed by atoms with Gasteiger partial charge in [-0.2, -0.15) is 0 Å². The zero-order chi connectivity index (χ0) is 13.0. The van der Waals surface area contributed by atoms with Gasteiger partial charge in [0.2, 0.25) is 5.91 Å². The number of tetrazole rings is 1. The molecule has 0 saturated heterocycles. The van der Waals surface area contributed by atoms with Crippen LogP contribution in [0.1, 0.15) is 25.3 Å². The van der Waals surface area contributed by atoms with Gasteiger partial charge in [-0.15, -0.1) is 5.10 Å². The number of amides is 1. The Kier molecular flexibility index (Phi) is 3.66. The number of carbonyl (C=O) groups is 1. The molecule has 0 atom stereocenters. The minimum atomic E-state index is -0.150. The quantitative estimate of drug-likeness (QED) is 0.884. The second kappa shape index (κ2) is 5.39. The molecule has 1 heterocycles. The fraction of sp³-hybridized carbons (Fsp3) is 0.333. The first-order valence-corrected chi connectivity index (χ1v) is 5.76. The molecule has 6 heteroatoms. The van der Waals surface area contributed by atoms with E-state index in [9.17, 15) is 4.79 Å². The molecule has 6 nitrogen and oxygen atoms in total. The van der Waals surface area contributed by atoms with Gasteiger partial charge >= 0.3 is 0 Å². The number of aromatic nitrogens is 4. The summed E-state index contributed by atoms with van der Waals surface area (Å²) in [4.78, 5) is 11.7. The maximum absolute atomic E-state index is 11.7. The Morgan fingerprint density at radius 3 is 2.94 bits per heavy atom. The number of nitrogens with zero attached hydrogens (tertiary/aromatic N) is 4. The van der Waals surface area contributed by atoms with Crippen LogP contribution < -0.4 is 5.32 Å². The molecular weight excluding hydrogens is 230 g/mol. The Labute approximate surface area is 105 Å². The summed E-state index contributed by atoms with van der Waals surface area (Å²) in [5.41, 5.74) is 1.98. The molecule has 2 rings (SSSR count). The summed E-state index contributed by atoms with van der Waals surface area (Å²) in [6.45, 7) is 4.34. The SMILES string of the molecule is CC(C)c1cccc(NC(=O)Cn2cnnn2)c1. The number of carbonyl (C=O) groups excluding carboxylic acids is 1. The smallest absolute Gasteiger partial charge is 0.246 e. The number of hydrogen-bond acceptors (Lipinski definition) is 4.